The van der Waals surface area contributed by atoms with Crippen molar-refractivity contribution in [2.75, 3.05) is 0 Å². The number of hydrogen-bond donors (Lipinski definition) is 1. The second-order valence-electron chi connectivity index (χ2n) is 5.77. The lowest BCUT2D eigenvalue weighted by Gasteiger charge is -2.32. The molecule has 0 radical (unpaired) electrons. The van der Waals surface area contributed by atoms with Crippen LogP contribution in [-0.4, -0.2) is 14.5 Å². The molecule has 102 valence electrons. The Morgan fingerprint density at radius 1 is 1.35 bits per heavy atom. The van der Waals surface area contributed by atoms with Gasteiger partial charge >= 0.3 is 0 Å². The molecule has 1 aliphatic rings. The van der Waals surface area contributed by atoms with Gasteiger partial charge in [0.1, 0.15) is 0 Å². The van der Waals surface area contributed by atoms with E-state index in [1.165, 1.54) is 30.2 Å². The molecule has 3 nitrogen and oxygen atoms in total. The number of imidazole rings is 1. The highest BCUT2D eigenvalue weighted by atomic mass is 32.1. The van der Waals surface area contributed by atoms with E-state index in [4.69, 9.17) is 12.2 Å². The third kappa shape index (κ3) is 1.64. The molecule has 2 heterocycles. The van der Waals surface area contributed by atoms with Crippen LogP contribution in [0.3, 0.4) is 0 Å². The van der Waals surface area contributed by atoms with Crippen LogP contribution in [0, 0.1) is 10.7 Å². The zero-order chi connectivity index (χ0) is 13.7. The van der Waals surface area contributed by atoms with Crippen molar-refractivity contribution in [3.63, 3.8) is 0 Å². The average molecular weight is 283 g/mol. The summed E-state index contributed by atoms with van der Waals surface area (Å²) in [6.45, 7) is 2.29. The smallest absolute Gasteiger partial charge is 0.178 e. The number of aromatic nitrogens is 3. The van der Waals surface area contributed by atoms with Gasteiger partial charge < -0.3 is 9.55 Å². The highest BCUT2D eigenvalue weighted by molar-refractivity contribution is 7.71. The monoisotopic (exact) mass is 283 g/mol. The van der Waals surface area contributed by atoms with Gasteiger partial charge in [0.15, 0.2) is 4.77 Å². The predicted molar refractivity (Wildman–Crippen MR) is 84.5 cm³/mol. The number of hydrogen-bond acceptors (Lipinski definition) is 2. The van der Waals surface area contributed by atoms with Gasteiger partial charge in [-0.05, 0) is 44.0 Å². The lowest BCUT2D eigenvalue weighted by atomic mass is 9.80. The van der Waals surface area contributed by atoms with Gasteiger partial charge in [0, 0.05) is 11.4 Å². The third-order valence-electron chi connectivity index (χ3n) is 4.69. The zero-order valence-corrected chi connectivity index (χ0v) is 12.3. The van der Waals surface area contributed by atoms with Crippen molar-refractivity contribution in [2.45, 2.75) is 32.2 Å². The van der Waals surface area contributed by atoms with E-state index in [1.807, 2.05) is 12.3 Å². The molecule has 3 aromatic rings. The van der Waals surface area contributed by atoms with E-state index in [2.05, 4.69) is 39.7 Å². The third-order valence-corrected chi connectivity index (χ3v) is 4.99. The molecule has 1 fully saturated rings. The standard InChI is InChI=1S/C16H17N3S/c1-10(11-5-4-6-11)19-15-12-7-2-3-8-13(12)17-9-14(15)18-16(19)20/h2-3,7-11H,4-6H2,1H3,(H,18,20). The van der Waals surface area contributed by atoms with Crippen LogP contribution in [0.25, 0.3) is 21.9 Å². The van der Waals surface area contributed by atoms with E-state index in [-0.39, 0.29) is 0 Å². The fourth-order valence-electron chi connectivity index (χ4n) is 3.28. The summed E-state index contributed by atoms with van der Waals surface area (Å²) in [4.78, 5) is 7.83. The molecule has 2 aromatic heterocycles. The molecule has 4 rings (SSSR count). The molecule has 0 bridgehead atoms. The van der Waals surface area contributed by atoms with Gasteiger partial charge in [-0.3, -0.25) is 4.98 Å². The van der Waals surface area contributed by atoms with Gasteiger partial charge in [-0.25, -0.2) is 0 Å². The molecule has 0 amide bonds. The van der Waals surface area contributed by atoms with Crippen LogP contribution >= 0.6 is 12.2 Å². The Kier molecular flexibility index (Phi) is 2.67. The molecular weight excluding hydrogens is 266 g/mol. The number of aromatic amines is 1. The average Bonchev–Trinajstić information content (AvgIpc) is 2.73. The number of pyridine rings is 1. The predicted octanol–water partition coefficient (Wildman–Crippen LogP) is 4.61. The summed E-state index contributed by atoms with van der Waals surface area (Å²) in [5.74, 6) is 0.757. The number of fused-ring (bicyclic) bond motifs is 3. The van der Waals surface area contributed by atoms with E-state index >= 15 is 0 Å². The number of benzene rings is 1. The van der Waals surface area contributed by atoms with Gasteiger partial charge in [-0.15, -0.1) is 0 Å². The minimum absolute atomic E-state index is 0.454. The van der Waals surface area contributed by atoms with Crippen LogP contribution in [0.15, 0.2) is 30.5 Å². The van der Waals surface area contributed by atoms with Crippen molar-refractivity contribution in [3.05, 3.63) is 35.2 Å². The van der Waals surface area contributed by atoms with Gasteiger partial charge in [-0.1, -0.05) is 24.6 Å². The van der Waals surface area contributed by atoms with Crippen molar-refractivity contribution in [1.82, 2.24) is 14.5 Å². The maximum atomic E-state index is 5.56. The topological polar surface area (TPSA) is 33.6 Å². The van der Waals surface area contributed by atoms with E-state index in [0.717, 1.165) is 21.7 Å². The maximum absolute atomic E-state index is 5.56. The van der Waals surface area contributed by atoms with Crippen LogP contribution in [0.1, 0.15) is 32.2 Å². The number of H-pyrrole nitrogens is 1. The second kappa shape index (κ2) is 4.42. The Balaban J connectivity index is 2.05. The number of nitrogens with one attached hydrogen (secondary N) is 1. The maximum Gasteiger partial charge on any atom is 0.178 e. The summed E-state index contributed by atoms with van der Waals surface area (Å²) in [7, 11) is 0. The first-order valence-electron chi connectivity index (χ1n) is 7.23. The van der Waals surface area contributed by atoms with Crippen molar-refractivity contribution < 1.29 is 0 Å². The molecule has 1 N–H and O–H groups in total. The lowest BCUT2D eigenvalue weighted by Crippen LogP contribution is -2.23. The Morgan fingerprint density at radius 3 is 2.90 bits per heavy atom. The van der Waals surface area contributed by atoms with Crippen LogP contribution < -0.4 is 0 Å². The molecule has 4 heteroatoms. The summed E-state index contributed by atoms with van der Waals surface area (Å²) >= 11 is 5.56. The molecule has 0 spiro atoms. The number of para-hydroxylation sites is 1. The van der Waals surface area contributed by atoms with Crippen LogP contribution in [0.4, 0.5) is 0 Å². The fraction of sp³-hybridized carbons (Fsp3) is 0.375. The Bertz CT molecular complexity index is 842. The highest BCUT2D eigenvalue weighted by Crippen LogP contribution is 2.38. The second-order valence-corrected chi connectivity index (χ2v) is 6.16. The van der Waals surface area contributed by atoms with Crippen LogP contribution in [-0.2, 0) is 0 Å². The number of rotatable bonds is 2. The normalized spacial score (nSPS) is 17.4. The molecule has 20 heavy (non-hydrogen) atoms. The van der Waals surface area contributed by atoms with E-state index in [0.29, 0.717) is 6.04 Å². The van der Waals surface area contributed by atoms with Crippen molar-refractivity contribution >= 4 is 34.2 Å². The zero-order valence-electron chi connectivity index (χ0n) is 11.5. The fourth-order valence-corrected chi connectivity index (χ4v) is 3.64. The first-order chi connectivity index (χ1) is 9.75. The molecule has 1 aliphatic carbocycles. The highest BCUT2D eigenvalue weighted by Gasteiger charge is 2.27. The summed E-state index contributed by atoms with van der Waals surface area (Å²) < 4.78 is 3.12. The van der Waals surface area contributed by atoms with E-state index in [9.17, 15) is 0 Å². The van der Waals surface area contributed by atoms with Gasteiger partial charge in [0.2, 0.25) is 0 Å². The van der Waals surface area contributed by atoms with Crippen LogP contribution in [0.5, 0.6) is 0 Å². The Hall–Kier alpha value is -1.68. The van der Waals surface area contributed by atoms with Crippen LogP contribution in [0.2, 0.25) is 0 Å². The van der Waals surface area contributed by atoms with Crippen molar-refractivity contribution in [2.24, 2.45) is 5.92 Å². The molecule has 0 aliphatic heterocycles. The summed E-state index contributed by atoms with van der Waals surface area (Å²) in [5.41, 5.74) is 3.28. The molecule has 1 unspecified atom stereocenters. The molecular formula is C16H17N3S. The molecule has 1 atom stereocenters. The summed E-state index contributed by atoms with van der Waals surface area (Å²) in [6, 6.07) is 8.75. The minimum atomic E-state index is 0.454. The Labute approximate surface area is 122 Å². The SMILES string of the molecule is CC(C1CCC1)n1c(=S)[nH]c2cnc3ccccc3c21. The van der Waals surface area contributed by atoms with Crippen molar-refractivity contribution in [3.8, 4) is 0 Å². The first-order valence-corrected chi connectivity index (χ1v) is 7.64. The van der Waals surface area contributed by atoms with Gasteiger partial charge in [-0.2, -0.15) is 0 Å². The largest absolute Gasteiger partial charge is 0.329 e. The summed E-state index contributed by atoms with van der Waals surface area (Å²) in [6.07, 6.45) is 5.89. The Morgan fingerprint density at radius 2 is 2.15 bits per heavy atom. The van der Waals surface area contributed by atoms with E-state index < -0.39 is 0 Å². The summed E-state index contributed by atoms with van der Waals surface area (Å²) in [5, 5.41) is 1.18. The van der Waals surface area contributed by atoms with Gasteiger partial charge in [0.05, 0.1) is 22.7 Å². The number of nitrogens with zero attached hydrogens (tertiary/aromatic N) is 2. The minimum Gasteiger partial charge on any atom is -0.329 e. The lowest BCUT2D eigenvalue weighted by molar-refractivity contribution is 0.225. The first kappa shape index (κ1) is 12.1. The quantitative estimate of drug-likeness (QED) is 0.697. The molecule has 0 saturated heterocycles. The van der Waals surface area contributed by atoms with Crippen molar-refractivity contribution in [1.29, 1.82) is 0 Å². The van der Waals surface area contributed by atoms with E-state index in [1.54, 1.807) is 0 Å². The van der Waals surface area contributed by atoms with Gasteiger partial charge in [0.25, 0.3) is 0 Å². The molecule has 1 aromatic carbocycles. The molecule has 1 saturated carbocycles.